The first kappa shape index (κ1) is 22.0. The summed E-state index contributed by atoms with van der Waals surface area (Å²) in [6, 6.07) is -0.260. The molecule has 26 heavy (non-hydrogen) atoms. The van der Waals surface area contributed by atoms with E-state index in [0.29, 0.717) is 19.3 Å². The molecule has 2 rings (SSSR count). The van der Waals surface area contributed by atoms with Gasteiger partial charge in [-0.2, -0.15) is 15.0 Å². The molecule has 1 fully saturated rings. The molecule has 1 aliphatic rings. The quantitative estimate of drug-likeness (QED) is 0.236. The van der Waals surface area contributed by atoms with E-state index in [4.69, 9.17) is 13.0 Å². The van der Waals surface area contributed by atoms with Gasteiger partial charge < -0.3 is 15.6 Å². The molecule has 1 heterocycles. The Kier molecular flexibility index (Phi) is 8.28. The minimum atomic E-state index is -4.92. The average molecular weight is 439 g/mol. The maximum Gasteiger partial charge on any atom is 1.00 e. The summed E-state index contributed by atoms with van der Waals surface area (Å²) in [5.74, 6) is -0.497. The number of hydrogen-bond acceptors (Lipinski definition) is 11. The minimum absolute atomic E-state index is 0. The van der Waals surface area contributed by atoms with Gasteiger partial charge in [-0.3, -0.25) is 4.18 Å². The van der Waals surface area contributed by atoms with Crippen molar-refractivity contribution in [2.24, 2.45) is 0 Å². The summed E-state index contributed by atoms with van der Waals surface area (Å²) < 4.78 is 66.8. The van der Waals surface area contributed by atoms with Crippen molar-refractivity contribution >= 4 is 43.7 Å². The molecule has 1 aromatic heterocycles. The molecule has 1 aliphatic carbocycles. The summed E-state index contributed by atoms with van der Waals surface area (Å²) in [5.41, 5.74) is 1.99. The number of nitrogens with zero attached hydrogens (tertiary/aromatic N) is 3. The van der Waals surface area contributed by atoms with Gasteiger partial charge in [0.1, 0.15) is 0 Å². The molecule has 142 valence electrons. The number of anilines is 2. The molecule has 3 N–H and O–H groups in total. The third kappa shape index (κ3) is 7.76. The molecular weight excluding hydrogens is 421 g/mol. The Morgan fingerprint density at radius 3 is 2.69 bits per heavy atom. The zero-order chi connectivity index (χ0) is 19.4. The first-order chi connectivity index (χ1) is 12.1. The number of halogens is 1. The number of aromatic nitrogens is 3. The predicted octanol–water partition coefficient (Wildman–Crippen LogP) is -3.27. The van der Waals surface area contributed by atoms with Crippen LogP contribution in [-0.2, 0) is 24.4 Å². The summed E-state index contributed by atoms with van der Waals surface area (Å²) >= 11 is 5.73. The summed E-state index contributed by atoms with van der Waals surface area (Å²) in [7, 11) is -8.56. The normalized spacial score (nSPS) is 21.4. The first-order valence-electron chi connectivity index (χ1n) is 7.77. The number of nitrogens with one attached hydrogen (secondary N) is 1. The topological polar surface area (TPSA) is 177 Å². The Balaban J connectivity index is 0.00000364. The van der Waals surface area contributed by atoms with Crippen molar-refractivity contribution in [1.29, 1.82) is 0 Å². The Bertz CT molecular complexity index is 846. The Hall–Kier alpha value is -0.280. The van der Waals surface area contributed by atoms with Crippen LogP contribution in [0.4, 0.5) is 11.9 Å². The second kappa shape index (κ2) is 9.78. The molecule has 0 saturated heterocycles. The van der Waals surface area contributed by atoms with E-state index >= 15 is 0 Å². The molecule has 0 radical (unpaired) electrons. The monoisotopic (exact) mass is 438 g/mol. The fraction of sp³-hybridized carbons (Fsp3) is 0.727. The van der Waals surface area contributed by atoms with Gasteiger partial charge in [-0.15, -0.1) is 0 Å². The van der Waals surface area contributed by atoms with Crippen molar-refractivity contribution < 1.29 is 56.5 Å². The van der Waals surface area contributed by atoms with E-state index in [0.717, 1.165) is 0 Å². The van der Waals surface area contributed by atoms with Crippen molar-refractivity contribution in [3.8, 4) is 0 Å². The minimum Gasteiger partial charge on any atom is -0.726 e. The molecule has 0 amide bonds. The van der Waals surface area contributed by atoms with Crippen LogP contribution in [0.25, 0.3) is 0 Å². The second-order valence-corrected chi connectivity index (χ2v) is 9.27. The van der Waals surface area contributed by atoms with Crippen molar-refractivity contribution in [2.45, 2.75) is 37.0 Å². The largest absolute Gasteiger partial charge is 1.00 e. The number of sulfone groups is 1. The third-order valence-corrected chi connectivity index (χ3v) is 6.47. The van der Waals surface area contributed by atoms with E-state index < -0.39 is 37.8 Å². The zero-order valence-electron chi connectivity index (χ0n) is 14.9. The van der Waals surface area contributed by atoms with Crippen molar-refractivity contribution in [3.05, 3.63) is 5.28 Å². The van der Waals surface area contributed by atoms with Crippen LogP contribution in [0, 0.1) is 0 Å². The molecule has 2 unspecified atom stereocenters. The van der Waals surface area contributed by atoms with E-state index in [2.05, 4.69) is 24.5 Å². The van der Waals surface area contributed by atoms with Gasteiger partial charge in [0.2, 0.25) is 27.6 Å². The molecule has 0 aromatic carbocycles. The fourth-order valence-corrected chi connectivity index (χ4v) is 4.87. The van der Waals surface area contributed by atoms with Gasteiger partial charge in [0.15, 0.2) is 11.2 Å². The van der Waals surface area contributed by atoms with Crippen LogP contribution in [0.15, 0.2) is 0 Å². The summed E-state index contributed by atoms with van der Waals surface area (Å²) in [4.78, 5) is 11.5. The van der Waals surface area contributed by atoms with Crippen LogP contribution in [0.1, 0.15) is 25.7 Å². The smallest absolute Gasteiger partial charge is 0.726 e. The van der Waals surface area contributed by atoms with Crippen LogP contribution in [-0.4, -0.2) is 60.0 Å². The second-order valence-electron chi connectivity index (χ2n) is 5.48. The van der Waals surface area contributed by atoms with Crippen LogP contribution < -0.4 is 40.6 Å². The summed E-state index contributed by atoms with van der Waals surface area (Å²) in [5, 5.41) is 2.14. The van der Waals surface area contributed by atoms with Crippen molar-refractivity contribution in [3.63, 3.8) is 0 Å². The van der Waals surface area contributed by atoms with Crippen molar-refractivity contribution in [1.82, 2.24) is 15.0 Å². The molecule has 1 aromatic rings. The van der Waals surface area contributed by atoms with Crippen molar-refractivity contribution in [2.75, 3.05) is 23.4 Å². The molecule has 11 nitrogen and oxygen atoms in total. The maximum absolute atomic E-state index is 12.3. The van der Waals surface area contributed by atoms with E-state index in [-0.39, 0.29) is 59.2 Å². The van der Waals surface area contributed by atoms with Gasteiger partial charge >= 0.3 is 29.6 Å². The molecular formula is C11H17ClN5NaO6S2. The molecule has 2 atom stereocenters. The Labute approximate surface area is 180 Å². The molecule has 0 bridgehead atoms. The third-order valence-electron chi connectivity index (χ3n) is 3.67. The van der Waals surface area contributed by atoms with Gasteiger partial charge in [0.05, 0.1) is 17.6 Å². The Morgan fingerprint density at radius 2 is 2.04 bits per heavy atom. The standard InChI is InChI=1S/C11H18ClN5O6S2.Na/c12-9-15-10(13)17-11(16-9)14-7-2-1-3-8(6-7)24(18,19)5-4-23-25(20,21)22;/h7-8H,1-6H2,(H,20,21,22)(H3,13,14,15,16,17);/q;+1/p-1/i/hD. The zero-order valence-corrected chi connectivity index (χ0v) is 18.3. The molecule has 1 saturated carbocycles. The van der Waals surface area contributed by atoms with Gasteiger partial charge in [-0.25, -0.2) is 16.8 Å². The first-order valence-corrected chi connectivity index (χ1v) is 10.7. The molecule has 15 heteroatoms. The van der Waals surface area contributed by atoms with Gasteiger partial charge in [-0.05, 0) is 30.9 Å². The van der Waals surface area contributed by atoms with Crippen LogP contribution in [0.3, 0.4) is 0 Å². The van der Waals surface area contributed by atoms with E-state index in [1.807, 2.05) is 5.73 Å². The number of nitrogen functional groups attached to an aromatic ring is 1. The molecule has 0 spiro atoms. The van der Waals surface area contributed by atoms with Crippen LogP contribution >= 0.6 is 11.6 Å². The number of rotatable bonds is 8. The van der Waals surface area contributed by atoms with Gasteiger partial charge in [0, 0.05) is 6.04 Å². The SMILES string of the molecule is [2H]Nc1nc(Cl)nc(NC2CCCC(S(=O)(=O)CCOS(=O)(=O)[O-])C2)n1.[Na+]. The van der Waals surface area contributed by atoms with Gasteiger partial charge in [-0.1, -0.05) is 6.42 Å². The summed E-state index contributed by atoms with van der Waals surface area (Å²) in [6.45, 7) is -0.704. The number of hydrogen-bond donors (Lipinski definition) is 2. The fourth-order valence-electron chi connectivity index (χ4n) is 2.62. The number of nitrogens with two attached hydrogens (primary N) is 1. The van der Waals surface area contributed by atoms with Gasteiger partial charge in [0.25, 0.3) is 0 Å². The average Bonchev–Trinajstić information content (AvgIpc) is 2.53. The summed E-state index contributed by atoms with van der Waals surface area (Å²) in [6.07, 6.45) is 1.95. The van der Waals surface area contributed by atoms with E-state index in [1.165, 1.54) is 0 Å². The van der Waals surface area contributed by atoms with Crippen LogP contribution in [0.5, 0.6) is 0 Å². The van der Waals surface area contributed by atoms with Crippen LogP contribution in [0.2, 0.25) is 6.70 Å². The van der Waals surface area contributed by atoms with E-state index in [1.54, 1.807) is 0 Å². The maximum atomic E-state index is 12.3. The molecule has 0 aliphatic heterocycles. The van der Waals surface area contributed by atoms with E-state index in [9.17, 15) is 21.4 Å². The predicted molar refractivity (Wildman–Crippen MR) is 88.4 cm³/mol. The Morgan fingerprint density at radius 1 is 1.31 bits per heavy atom.